The summed E-state index contributed by atoms with van der Waals surface area (Å²) in [7, 11) is 1.54. The van der Waals surface area contributed by atoms with E-state index >= 15 is 0 Å². The zero-order valence-corrected chi connectivity index (χ0v) is 25.0. The van der Waals surface area contributed by atoms with Gasteiger partial charge in [0.05, 0.1) is 17.1 Å². The van der Waals surface area contributed by atoms with Crippen LogP contribution in [0.3, 0.4) is 0 Å². The molecule has 0 atom stereocenters. The van der Waals surface area contributed by atoms with Crippen molar-refractivity contribution in [1.82, 2.24) is 20.1 Å². The van der Waals surface area contributed by atoms with Crippen LogP contribution in [0.15, 0.2) is 91.6 Å². The number of fused-ring (bicyclic) bond motifs is 1. The molecule has 4 amide bonds. The first-order valence-electron chi connectivity index (χ1n) is 14.4. The second kappa shape index (κ2) is 13.6. The molecule has 2 aromatic heterocycles. The Kier molecular flexibility index (Phi) is 9.19. The van der Waals surface area contributed by atoms with E-state index in [1.165, 1.54) is 7.05 Å². The average molecular weight is 590 g/mol. The number of carbonyl (C=O) groups excluding carboxylic acids is 2. The lowest BCUT2D eigenvalue weighted by Gasteiger charge is -2.15. The largest absolute Gasteiger partial charge is 0.488 e. The molecule has 0 unspecified atom stereocenters. The molecule has 0 bridgehead atoms. The summed E-state index contributed by atoms with van der Waals surface area (Å²) < 4.78 is 7.88. The number of aromatic nitrogens is 3. The van der Waals surface area contributed by atoms with E-state index in [0.717, 1.165) is 51.7 Å². The van der Waals surface area contributed by atoms with Gasteiger partial charge in [0, 0.05) is 30.1 Å². The third kappa shape index (κ3) is 7.04. The van der Waals surface area contributed by atoms with Crippen LogP contribution in [0.2, 0.25) is 0 Å². The molecule has 4 N–H and O–H groups in total. The number of carbonyl (C=O) groups is 2. The number of hydrogen-bond acceptors (Lipinski definition) is 5. The zero-order chi connectivity index (χ0) is 31.1. The predicted molar refractivity (Wildman–Crippen MR) is 175 cm³/mol. The molecule has 0 saturated carbocycles. The van der Waals surface area contributed by atoms with Gasteiger partial charge < -0.3 is 15.4 Å². The van der Waals surface area contributed by atoms with Crippen molar-refractivity contribution in [2.75, 3.05) is 23.0 Å². The van der Waals surface area contributed by atoms with E-state index in [9.17, 15) is 9.59 Å². The first-order chi connectivity index (χ1) is 21.3. The van der Waals surface area contributed by atoms with E-state index in [1.54, 1.807) is 16.9 Å². The van der Waals surface area contributed by atoms with Gasteiger partial charge in [-0.25, -0.2) is 19.3 Å². The number of nitrogens with zero attached hydrogens (tertiary/aromatic N) is 3. The van der Waals surface area contributed by atoms with Crippen LogP contribution < -0.4 is 26.0 Å². The van der Waals surface area contributed by atoms with Gasteiger partial charge in [-0.1, -0.05) is 61.9 Å². The Labute approximate surface area is 256 Å². The number of urea groups is 2. The minimum absolute atomic E-state index is 0.261. The fourth-order valence-corrected chi connectivity index (χ4v) is 4.70. The van der Waals surface area contributed by atoms with Gasteiger partial charge in [-0.2, -0.15) is 5.10 Å². The van der Waals surface area contributed by atoms with Crippen LogP contribution in [0.1, 0.15) is 36.6 Å². The molecule has 0 aliphatic carbocycles. The van der Waals surface area contributed by atoms with Gasteiger partial charge in [-0.05, 0) is 60.9 Å². The summed E-state index contributed by atoms with van der Waals surface area (Å²) in [4.78, 5) is 29.1. The van der Waals surface area contributed by atoms with Gasteiger partial charge in [-0.15, -0.1) is 0 Å². The molecule has 0 aliphatic heterocycles. The quantitative estimate of drug-likeness (QED) is 0.134. The zero-order valence-electron chi connectivity index (χ0n) is 25.0. The lowest BCUT2D eigenvalue weighted by atomic mass is 10.1. The van der Waals surface area contributed by atoms with E-state index in [-0.39, 0.29) is 12.6 Å². The van der Waals surface area contributed by atoms with Crippen molar-refractivity contribution in [2.45, 2.75) is 33.3 Å². The van der Waals surface area contributed by atoms with Crippen molar-refractivity contribution in [2.24, 2.45) is 0 Å². The topological polar surface area (TPSA) is 122 Å². The molecular weight excluding hydrogens is 554 g/mol. The van der Waals surface area contributed by atoms with Crippen molar-refractivity contribution in [1.29, 1.82) is 0 Å². The third-order valence-electron chi connectivity index (χ3n) is 6.96. The SMILES string of the molecule is C=C(CCC)c1cc(NC(=O)Nc2ccc(OCc3ccnc(NC(=O)NC)c3)c3ccccc23)n(-c2ccc(C)cc2)n1. The molecule has 5 aromatic rings. The second-order valence-electron chi connectivity index (χ2n) is 10.3. The Balaban J connectivity index is 1.35. The normalized spacial score (nSPS) is 10.7. The van der Waals surface area contributed by atoms with Crippen LogP contribution in [-0.2, 0) is 6.61 Å². The Hall–Kier alpha value is -5.64. The molecule has 2 heterocycles. The van der Waals surface area contributed by atoms with E-state index in [0.29, 0.717) is 23.1 Å². The fraction of sp³-hybridized carbons (Fsp3) is 0.176. The summed E-state index contributed by atoms with van der Waals surface area (Å²) in [6, 6.07) is 24.0. The summed E-state index contributed by atoms with van der Waals surface area (Å²) in [6.45, 7) is 8.56. The maximum atomic E-state index is 13.3. The Morgan fingerprint density at radius 1 is 0.909 bits per heavy atom. The standard InChI is InChI=1S/C34H35N7O3/c1-5-8-23(3)29-20-32(41(40-29)25-13-11-22(2)12-14-25)39-34(43)37-28-15-16-30(27-10-7-6-9-26(27)28)44-21-24-17-18-36-31(19-24)38-33(42)35-4/h6-7,9-20H,3,5,8,21H2,1-2,4H3,(H2,37,39,43)(H2,35,36,38,42). The van der Waals surface area contributed by atoms with Crippen LogP contribution in [-0.4, -0.2) is 33.9 Å². The van der Waals surface area contributed by atoms with E-state index in [1.807, 2.05) is 79.7 Å². The highest BCUT2D eigenvalue weighted by Crippen LogP contribution is 2.32. The predicted octanol–water partition coefficient (Wildman–Crippen LogP) is 7.52. The first kappa shape index (κ1) is 29.8. The molecule has 224 valence electrons. The fourth-order valence-electron chi connectivity index (χ4n) is 4.70. The number of allylic oxidation sites excluding steroid dienone is 1. The van der Waals surface area contributed by atoms with Crippen LogP contribution >= 0.6 is 0 Å². The number of anilines is 3. The van der Waals surface area contributed by atoms with Gasteiger partial charge in [-0.3, -0.25) is 10.6 Å². The number of amides is 4. The molecule has 0 radical (unpaired) electrons. The minimum Gasteiger partial charge on any atom is -0.488 e. The Bertz CT molecular complexity index is 1810. The monoisotopic (exact) mass is 589 g/mol. The van der Waals surface area contributed by atoms with Crippen molar-refractivity contribution in [3.63, 3.8) is 0 Å². The van der Waals surface area contributed by atoms with Gasteiger partial charge in [0.2, 0.25) is 0 Å². The molecule has 10 nitrogen and oxygen atoms in total. The lowest BCUT2D eigenvalue weighted by Crippen LogP contribution is -2.25. The first-order valence-corrected chi connectivity index (χ1v) is 14.4. The molecule has 0 fully saturated rings. The second-order valence-corrected chi connectivity index (χ2v) is 10.3. The molecule has 3 aromatic carbocycles. The highest BCUT2D eigenvalue weighted by molar-refractivity contribution is 6.07. The summed E-state index contributed by atoms with van der Waals surface area (Å²) in [5, 5.41) is 17.5. The number of rotatable bonds is 10. The van der Waals surface area contributed by atoms with Crippen LogP contribution in [0.25, 0.3) is 22.0 Å². The number of hydrogen-bond donors (Lipinski definition) is 4. The summed E-state index contributed by atoms with van der Waals surface area (Å²) >= 11 is 0. The number of pyridine rings is 1. The lowest BCUT2D eigenvalue weighted by molar-refractivity contribution is 0.253. The average Bonchev–Trinajstić information content (AvgIpc) is 3.45. The van der Waals surface area contributed by atoms with Crippen LogP contribution in [0.5, 0.6) is 5.75 Å². The molecule has 10 heteroatoms. The van der Waals surface area contributed by atoms with E-state index in [2.05, 4.69) is 39.8 Å². The van der Waals surface area contributed by atoms with Gasteiger partial charge >= 0.3 is 12.1 Å². The number of nitrogens with one attached hydrogen (secondary N) is 4. The van der Waals surface area contributed by atoms with Gasteiger partial charge in [0.15, 0.2) is 0 Å². The van der Waals surface area contributed by atoms with Crippen LogP contribution in [0, 0.1) is 6.92 Å². The highest BCUT2D eigenvalue weighted by Gasteiger charge is 2.16. The molecular formula is C34H35N7O3. The molecule has 0 spiro atoms. The third-order valence-corrected chi connectivity index (χ3v) is 6.96. The van der Waals surface area contributed by atoms with Crippen molar-refractivity contribution in [3.8, 4) is 11.4 Å². The molecule has 0 saturated heterocycles. The van der Waals surface area contributed by atoms with Crippen molar-refractivity contribution < 1.29 is 14.3 Å². The smallest absolute Gasteiger partial charge is 0.324 e. The van der Waals surface area contributed by atoms with Crippen LogP contribution in [0.4, 0.5) is 26.9 Å². The van der Waals surface area contributed by atoms with Gasteiger partial charge in [0.1, 0.15) is 24.0 Å². The molecule has 0 aliphatic rings. The maximum Gasteiger partial charge on any atom is 0.324 e. The highest BCUT2D eigenvalue weighted by atomic mass is 16.5. The Morgan fingerprint density at radius 2 is 1.68 bits per heavy atom. The maximum absolute atomic E-state index is 13.3. The summed E-state index contributed by atoms with van der Waals surface area (Å²) in [5.41, 5.74) is 5.08. The van der Waals surface area contributed by atoms with Crippen molar-refractivity contribution in [3.05, 3.63) is 108 Å². The minimum atomic E-state index is -0.405. The Morgan fingerprint density at radius 3 is 2.43 bits per heavy atom. The summed E-state index contributed by atoms with van der Waals surface area (Å²) in [5.74, 6) is 1.61. The molecule has 44 heavy (non-hydrogen) atoms. The van der Waals surface area contributed by atoms with Crippen molar-refractivity contribution >= 4 is 45.7 Å². The number of aryl methyl sites for hydroxylation is 1. The van der Waals surface area contributed by atoms with E-state index < -0.39 is 6.03 Å². The number of benzene rings is 3. The van der Waals surface area contributed by atoms with Gasteiger partial charge in [0.25, 0.3) is 0 Å². The summed E-state index contributed by atoms with van der Waals surface area (Å²) in [6.07, 6.45) is 3.37. The van der Waals surface area contributed by atoms with E-state index in [4.69, 9.17) is 9.84 Å². The number of ether oxygens (including phenoxy) is 1. The molecule has 5 rings (SSSR count).